The second kappa shape index (κ2) is 8.26. The van der Waals surface area contributed by atoms with E-state index >= 15 is 0 Å². The third-order valence-corrected chi connectivity index (χ3v) is 5.91. The Morgan fingerprint density at radius 3 is 3.03 bits per heavy atom. The number of nitrogens with zero attached hydrogens (tertiary/aromatic N) is 5. The van der Waals surface area contributed by atoms with Gasteiger partial charge in [0.2, 0.25) is 11.8 Å². The lowest BCUT2D eigenvalue weighted by Crippen LogP contribution is -2.44. The summed E-state index contributed by atoms with van der Waals surface area (Å²) in [5.41, 5.74) is 4.48. The Bertz CT molecular complexity index is 1320. The van der Waals surface area contributed by atoms with Crippen LogP contribution in [0.15, 0.2) is 55.5 Å². The Morgan fingerprint density at radius 2 is 2.16 bits per heavy atom. The first-order valence-electron chi connectivity index (χ1n) is 10.6. The number of aromatic nitrogens is 5. The molecule has 1 aliphatic rings. The van der Waals surface area contributed by atoms with Gasteiger partial charge in [0, 0.05) is 42.1 Å². The van der Waals surface area contributed by atoms with E-state index in [4.69, 9.17) is 0 Å². The van der Waals surface area contributed by atoms with Gasteiger partial charge in [-0.15, -0.1) is 0 Å². The molecule has 1 fully saturated rings. The minimum atomic E-state index is -0.211. The lowest BCUT2D eigenvalue weighted by Gasteiger charge is -2.31. The molecule has 5 rings (SSSR count). The van der Waals surface area contributed by atoms with Crippen LogP contribution in [0.3, 0.4) is 0 Å². The van der Waals surface area contributed by atoms with Crippen molar-refractivity contribution in [1.29, 1.82) is 0 Å². The molecular formula is C23H23N7O2. The zero-order chi connectivity index (χ0) is 22.1. The molecule has 4 aromatic rings. The van der Waals surface area contributed by atoms with Crippen molar-refractivity contribution in [1.82, 2.24) is 35.0 Å². The molecule has 4 aromatic heterocycles. The van der Waals surface area contributed by atoms with E-state index < -0.39 is 0 Å². The average Bonchev–Trinajstić information content (AvgIpc) is 3.46. The molecule has 0 saturated carbocycles. The Morgan fingerprint density at radius 1 is 1.25 bits per heavy atom. The lowest BCUT2D eigenvalue weighted by molar-refractivity contribution is -0.132. The number of piperidine rings is 1. The zero-order valence-corrected chi connectivity index (χ0v) is 17.5. The molecule has 1 atom stereocenters. The van der Waals surface area contributed by atoms with Gasteiger partial charge in [0.25, 0.3) is 0 Å². The predicted octanol–water partition coefficient (Wildman–Crippen LogP) is 2.31. The van der Waals surface area contributed by atoms with Gasteiger partial charge < -0.3 is 15.2 Å². The molecule has 9 heteroatoms. The maximum Gasteiger partial charge on any atom is 0.245 e. The highest BCUT2D eigenvalue weighted by Gasteiger charge is 2.27. The molecule has 1 aliphatic heterocycles. The Hall–Kier alpha value is -4.01. The number of carbonyl (C=O) groups is 2. The molecule has 9 nitrogen and oxygen atoms in total. The summed E-state index contributed by atoms with van der Waals surface area (Å²) in [7, 11) is 0. The maximum absolute atomic E-state index is 12.7. The number of fused-ring (bicyclic) bond motifs is 2. The number of pyridine rings is 1. The van der Waals surface area contributed by atoms with Crippen LogP contribution >= 0.6 is 0 Å². The molecule has 1 saturated heterocycles. The smallest absolute Gasteiger partial charge is 0.245 e. The minimum Gasteiger partial charge on any atom is -0.350 e. The van der Waals surface area contributed by atoms with Gasteiger partial charge in [-0.25, -0.2) is 4.98 Å². The summed E-state index contributed by atoms with van der Waals surface area (Å²) in [4.78, 5) is 34.0. The number of H-pyrrole nitrogens is 1. The van der Waals surface area contributed by atoms with Crippen molar-refractivity contribution in [2.75, 3.05) is 13.1 Å². The van der Waals surface area contributed by atoms with E-state index in [2.05, 4.69) is 32.1 Å². The van der Waals surface area contributed by atoms with E-state index in [-0.39, 0.29) is 17.7 Å². The third kappa shape index (κ3) is 3.62. The van der Waals surface area contributed by atoms with E-state index in [0.29, 0.717) is 19.6 Å². The maximum atomic E-state index is 12.7. The van der Waals surface area contributed by atoms with Gasteiger partial charge in [0.15, 0.2) is 0 Å². The number of carbonyl (C=O) groups excluding carboxylic acids is 2. The van der Waals surface area contributed by atoms with Crippen LogP contribution in [0.25, 0.3) is 27.7 Å². The highest BCUT2D eigenvalue weighted by molar-refractivity contribution is 5.97. The fourth-order valence-corrected chi connectivity index (χ4v) is 4.30. The van der Waals surface area contributed by atoms with Crippen molar-refractivity contribution in [3.63, 3.8) is 0 Å². The van der Waals surface area contributed by atoms with Crippen molar-refractivity contribution in [3.05, 3.63) is 61.2 Å². The Kier molecular flexibility index (Phi) is 5.14. The predicted molar refractivity (Wildman–Crippen MR) is 119 cm³/mol. The van der Waals surface area contributed by atoms with Crippen molar-refractivity contribution in [3.8, 4) is 11.1 Å². The Labute approximate surface area is 184 Å². The number of likely N-dealkylation sites (tertiary alicyclic amines) is 1. The summed E-state index contributed by atoms with van der Waals surface area (Å²) in [5.74, 6) is -0.385. The van der Waals surface area contributed by atoms with Crippen LogP contribution < -0.4 is 5.32 Å². The van der Waals surface area contributed by atoms with Gasteiger partial charge >= 0.3 is 0 Å². The summed E-state index contributed by atoms with van der Waals surface area (Å²) in [5, 5.41) is 12.5. The van der Waals surface area contributed by atoms with Crippen molar-refractivity contribution >= 4 is 28.4 Å². The molecule has 5 heterocycles. The van der Waals surface area contributed by atoms with Crippen LogP contribution in [-0.2, 0) is 16.1 Å². The van der Waals surface area contributed by atoms with Gasteiger partial charge in [0.05, 0.1) is 24.2 Å². The summed E-state index contributed by atoms with van der Waals surface area (Å²) >= 11 is 0. The van der Waals surface area contributed by atoms with E-state index in [9.17, 15) is 9.59 Å². The first-order chi connectivity index (χ1) is 15.6. The van der Waals surface area contributed by atoms with E-state index in [1.807, 2.05) is 24.3 Å². The van der Waals surface area contributed by atoms with E-state index in [0.717, 1.165) is 46.2 Å². The third-order valence-electron chi connectivity index (χ3n) is 5.91. The fraction of sp³-hybridized carbons (Fsp3) is 0.261. The van der Waals surface area contributed by atoms with Crippen LogP contribution in [0, 0.1) is 5.92 Å². The largest absolute Gasteiger partial charge is 0.350 e. The van der Waals surface area contributed by atoms with Gasteiger partial charge in [-0.3, -0.25) is 9.59 Å². The number of nitrogens with one attached hydrogen (secondary N) is 2. The summed E-state index contributed by atoms with van der Waals surface area (Å²) in [6.45, 7) is 4.99. The highest BCUT2D eigenvalue weighted by atomic mass is 16.2. The molecule has 0 bridgehead atoms. The second-order valence-electron chi connectivity index (χ2n) is 7.92. The van der Waals surface area contributed by atoms with Crippen molar-refractivity contribution < 1.29 is 9.59 Å². The number of aromatic amines is 1. The number of hydrogen-bond donors (Lipinski definition) is 2. The Balaban J connectivity index is 1.34. The molecule has 2 N–H and O–H groups in total. The van der Waals surface area contributed by atoms with Gasteiger partial charge in [-0.05, 0) is 48.7 Å². The van der Waals surface area contributed by atoms with Gasteiger partial charge in [-0.1, -0.05) is 6.58 Å². The fourth-order valence-electron chi connectivity index (χ4n) is 4.30. The van der Waals surface area contributed by atoms with Crippen LogP contribution in [0.4, 0.5) is 0 Å². The normalized spacial score (nSPS) is 16.4. The monoisotopic (exact) mass is 429 g/mol. The molecule has 0 aromatic carbocycles. The van der Waals surface area contributed by atoms with Crippen LogP contribution in [0.1, 0.15) is 18.5 Å². The molecule has 0 spiro atoms. The van der Waals surface area contributed by atoms with Crippen molar-refractivity contribution in [2.24, 2.45) is 5.92 Å². The number of hydrogen-bond acceptors (Lipinski definition) is 5. The molecule has 0 unspecified atom stereocenters. The highest BCUT2D eigenvalue weighted by Crippen LogP contribution is 2.30. The molecule has 0 radical (unpaired) electrons. The van der Waals surface area contributed by atoms with Crippen LogP contribution in [-0.4, -0.2) is 54.6 Å². The topological polar surface area (TPSA) is 108 Å². The summed E-state index contributed by atoms with van der Waals surface area (Å²) in [6, 6.07) is 7.81. The summed E-state index contributed by atoms with van der Waals surface area (Å²) < 4.78 is 1.60. The molecule has 32 heavy (non-hydrogen) atoms. The van der Waals surface area contributed by atoms with E-state index in [1.165, 1.54) is 6.08 Å². The standard InChI is InChI=1S/C23H23N7O2/c1-2-21(31)29-10-4-5-15(14-29)23(32)25-12-16-11-18-17(7-9-24-22(18)28-16)19-13-27-30-20(19)6-3-8-26-30/h2-3,6-9,11,13,15H,1,4-5,10,12,14H2,(H,24,28)(H,25,32)/t15-/m1/s1. The van der Waals surface area contributed by atoms with Gasteiger partial charge in [0.1, 0.15) is 5.65 Å². The number of rotatable bonds is 5. The molecule has 0 aliphatic carbocycles. The minimum absolute atomic E-state index is 0.0490. The SMILES string of the molecule is C=CC(=O)N1CCC[C@@H](C(=O)NCc2cc3c(-c4cnn5ncccc45)ccnc3[nH]2)C1. The first-order valence-corrected chi connectivity index (χ1v) is 10.6. The van der Waals surface area contributed by atoms with Crippen molar-refractivity contribution in [2.45, 2.75) is 19.4 Å². The lowest BCUT2D eigenvalue weighted by atomic mass is 9.97. The van der Waals surface area contributed by atoms with Crippen LogP contribution in [0.5, 0.6) is 0 Å². The van der Waals surface area contributed by atoms with Crippen LogP contribution in [0.2, 0.25) is 0 Å². The summed E-state index contributed by atoms with van der Waals surface area (Å²) in [6.07, 6.45) is 8.13. The molecular weight excluding hydrogens is 406 g/mol. The van der Waals surface area contributed by atoms with Gasteiger partial charge in [-0.2, -0.15) is 14.8 Å². The second-order valence-corrected chi connectivity index (χ2v) is 7.92. The first kappa shape index (κ1) is 19.9. The average molecular weight is 429 g/mol. The molecule has 2 amide bonds. The number of amides is 2. The molecule has 162 valence electrons. The zero-order valence-electron chi connectivity index (χ0n) is 17.5. The quantitative estimate of drug-likeness (QED) is 0.473. The van der Waals surface area contributed by atoms with E-state index in [1.54, 1.807) is 28.1 Å².